The molecule has 0 spiro atoms. The highest BCUT2D eigenvalue weighted by Gasteiger charge is 2.23. The van der Waals surface area contributed by atoms with Crippen molar-refractivity contribution < 1.29 is 0 Å². The lowest BCUT2D eigenvalue weighted by atomic mass is 9.96. The minimum absolute atomic E-state index is 0.586. The summed E-state index contributed by atoms with van der Waals surface area (Å²) in [6.07, 6.45) is 7.27. The molecule has 3 nitrogen and oxygen atoms in total. The van der Waals surface area contributed by atoms with E-state index in [0.717, 1.165) is 5.82 Å². The van der Waals surface area contributed by atoms with Gasteiger partial charge in [0, 0.05) is 26.3 Å². The normalized spacial score (nSPS) is 20.9. The van der Waals surface area contributed by atoms with Gasteiger partial charge in [-0.1, -0.05) is 19.4 Å². The maximum absolute atomic E-state index is 4.55. The Morgan fingerprint density at radius 2 is 2.17 bits per heavy atom. The fourth-order valence-electron chi connectivity index (χ4n) is 2.78. The first-order valence-electron chi connectivity index (χ1n) is 7.09. The third kappa shape index (κ3) is 3.02. The Hall–Kier alpha value is -1.09. The van der Waals surface area contributed by atoms with E-state index < -0.39 is 0 Å². The summed E-state index contributed by atoms with van der Waals surface area (Å²) < 4.78 is 0. The van der Waals surface area contributed by atoms with E-state index in [4.69, 9.17) is 0 Å². The number of anilines is 1. The van der Waals surface area contributed by atoms with Crippen molar-refractivity contribution in [1.29, 1.82) is 0 Å². The van der Waals surface area contributed by atoms with E-state index in [0.29, 0.717) is 6.04 Å². The number of likely N-dealkylation sites (tertiary alicyclic amines) is 1. The molecule has 1 aliphatic rings. The molecule has 1 fully saturated rings. The number of aromatic nitrogens is 1. The standard InChI is InChI=1S/C15H25N3/c1-4-10-18-11-6-5-7-14(18)13-8-9-15(16-12-13)17(2)3/h8-9,12,14H,4-7,10-11H2,1-3H3/t14-/m0/s1. The second-order valence-corrected chi connectivity index (χ2v) is 5.39. The Bertz CT molecular complexity index is 357. The van der Waals surface area contributed by atoms with Gasteiger partial charge in [0.05, 0.1) is 0 Å². The van der Waals surface area contributed by atoms with E-state index in [2.05, 4.69) is 40.0 Å². The molecule has 1 aromatic rings. The topological polar surface area (TPSA) is 19.4 Å². The van der Waals surface area contributed by atoms with Crippen molar-refractivity contribution in [1.82, 2.24) is 9.88 Å². The van der Waals surface area contributed by atoms with Gasteiger partial charge in [0.25, 0.3) is 0 Å². The van der Waals surface area contributed by atoms with Crippen molar-refractivity contribution in [2.75, 3.05) is 32.1 Å². The summed E-state index contributed by atoms with van der Waals surface area (Å²) in [6, 6.07) is 4.97. The van der Waals surface area contributed by atoms with E-state index in [1.54, 1.807) is 0 Å². The Kier molecular flexibility index (Phi) is 4.59. The number of nitrogens with zero attached hydrogens (tertiary/aromatic N) is 3. The zero-order chi connectivity index (χ0) is 13.0. The number of pyridine rings is 1. The van der Waals surface area contributed by atoms with Crippen LogP contribution in [0.2, 0.25) is 0 Å². The van der Waals surface area contributed by atoms with Crippen LogP contribution >= 0.6 is 0 Å². The first-order chi connectivity index (χ1) is 8.72. The summed E-state index contributed by atoms with van der Waals surface area (Å²) in [5.74, 6) is 1.04. The molecular formula is C15H25N3. The molecule has 3 heteroatoms. The highest BCUT2D eigenvalue weighted by Crippen LogP contribution is 2.30. The third-order valence-electron chi connectivity index (χ3n) is 3.74. The average molecular weight is 247 g/mol. The fourth-order valence-corrected chi connectivity index (χ4v) is 2.78. The van der Waals surface area contributed by atoms with Gasteiger partial charge in [0.1, 0.15) is 5.82 Å². The minimum Gasteiger partial charge on any atom is -0.363 e. The molecule has 2 heterocycles. The Balaban J connectivity index is 2.12. The molecule has 100 valence electrons. The van der Waals surface area contributed by atoms with Gasteiger partial charge in [0.2, 0.25) is 0 Å². The van der Waals surface area contributed by atoms with Crippen LogP contribution in [0.1, 0.15) is 44.2 Å². The van der Waals surface area contributed by atoms with E-state index in [9.17, 15) is 0 Å². The van der Waals surface area contributed by atoms with Crippen molar-refractivity contribution >= 4 is 5.82 Å². The van der Waals surface area contributed by atoms with Crippen LogP contribution in [0.3, 0.4) is 0 Å². The van der Waals surface area contributed by atoms with Crippen LogP contribution < -0.4 is 4.90 Å². The van der Waals surface area contributed by atoms with Gasteiger partial charge >= 0.3 is 0 Å². The van der Waals surface area contributed by atoms with E-state index >= 15 is 0 Å². The van der Waals surface area contributed by atoms with Crippen LogP contribution in [0.5, 0.6) is 0 Å². The van der Waals surface area contributed by atoms with Gasteiger partial charge in [0.15, 0.2) is 0 Å². The van der Waals surface area contributed by atoms with Crippen LogP contribution in [0, 0.1) is 0 Å². The summed E-state index contributed by atoms with van der Waals surface area (Å²) in [5, 5.41) is 0. The van der Waals surface area contributed by atoms with Crippen LogP contribution in [0.15, 0.2) is 18.3 Å². The van der Waals surface area contributed by atoms with E-state index in [1.165, 1.54) is 44.3 Å². The largest absolute Gasteiger partial charge is 0.363 e. The van der Waals surface area contributed by atoms with Crippen molar-refractivity contribution in [3.05, 3.63) is 23.9 Å². The molecule has 0 unspecified atom stereocenters. The van der Waals surface area contributed by atoms with Gasteiger partial charge in [-0.05, 0) is 44.0 Å². The number of rotatable bonds is 4. The average Bonchev–Trinajstić information content (AvgIpc) is 2.40. The molecule has 0 N–H and O–H groups in total. The predicted molar refractivity (Wildman–Crippen MR) is 77.0 cm³/mol. The lowest BCUT2D eigenvalue weighted by molar-refractivity contribution is 0.149. The molecule has 0 aromatic carbocycles. The number of hydrogen-bond acceptors (Lipinski definition) is 3. The minimum atomic E-state index is 0.586. The van der Waals surface area contributed by atoms with E-state index in [1.807, 2.05) is 14.1 Å². The maximum Gasteiger partial charge on any atom is 0.127 e. The highest BCUT2D eigenvalue weighted by atomic mass is 15.2. The molecule has 1 saturated heterocycles. The second kappa shape index (κ2) is 6.19. The molecule has 1 aliphatic heterocycles. The smallest absolute Gasteiger partial charge is 0.127 e. The van der Waals surface area contributed by atoms with Gasteiger partial charge in [-0.25, -0.2) is 4.98 Å². The summed E-state index contributed by atoms with van der Waals surface area (Å²) in [6.45, 7) is 4.72. The van der Waals surface area contributed by atoms with Crippen molar-refractivity contribution in [3.8, 4) is 0 Å². The van der Waals surface area contributed by atoms with E-state index in [-0.39, 0.29) is 0 Å². The summed E-state index contributed by atoms with van der Waals surface area (Å²) in [7, 11) is 4.07. The highest BCUT2D eigenvalue weighted by molar-refractivity contribution is 5.37. The summed E-state index contributed by atoms with van der Waals surface area (Å²) in [5.41, 5.74) is 1.38. The zero-order valence-electron chi connectivity index (χ0n) is 11.9. The van der Waals surface area contributed by atoms with Gasteiger partial charge in [-0.15, -0.1) is 0 Å². The molecule has 18 heavy (non-hydrogen) atoms. The number of hydrogen-bond donors (Lipinski definition) is 0. The first kappa shape index (κ1) is 13.3. The Labute approximate surface area is 111 Å². The lowest BCUT2D eigenvalue weighted by Gasteiger charge is -2.35. The molecule has 0 aliphatic carbocycles. The van der Waals surface area contributed by atoms with Crippen LogP contribution in [0.25, 0.3) is 0 Å². The van der Waals surface area contributed by atoms with Crippen molar-refractivity contribution in [2.45, 2.75) is 38.6 Å². The fraction of sp³-hybridized carbons (Fsp3) is 0.667. The third-order valence-corrected chi connectivity index (χ3v) is 3.74. The van der Waals surface area contributed by atoms with Gasteiger partial charge < -0.3 is 4.90 Å². The zero-order valence-corrected chi connectivity index (χ0v) is 11.9. The lowest BCUT2D eigenvalue weighted by Crippen LogP contribution is -2.34. The van der Waals surface area contributed by atoms with Crippen LogP contribution in [-0.2, 0) is 0 Å². The van der Waals surface area contributed by atoms with Gasteiger partial charge in [-0.3, -0.25) is 4.90 Å². The van der Waals surface area contributed by atoms with Crippen LogP contribution in [-0.4, -0.2) is 37.1 Å². The Morgan fingerprint density at radius 3 is 2.78 bits per heavy atom. The molecule has 0 bridgehead atoms. The predicted octanol–water partition coefficient (Wildman–Crippen LogP) is 3.08. The number of piperidine rings is 1. The maximum atomic E-state index is 4.55. The van der Waals surface area contributed by atoms with Crippen LogP contribution in [0.4, 0.5) is 5.82 Å². The molecule has 0 saturated carbocycles. The van der Waals surface area contributed by atoms with Crippen molar-refractivity contribution in [3.63, 3.8) is 0 Å². The first-order valence-corrected chi connectivity index (χ1v) is 7.09. The van der Waals surface area contributed by atoms with Gasteiger partial charge in [-0.2, -0.15) is 0 Å². The molecule has 1 aromatic heterocycles. The molecule has 2 rings (SSSR count). The second-order valence-electron chi connectivity index (χ2n) is 5.39. The summed E-state index contributed by atoms with van der Waals surface area (Å²) >= 11 is 0. The Morgan fingerprint density at radius 1 is 1.33 bits per heavy atom. The molecule has 0 radical (unpaired) electrons. The monoisotopic (exact) mass is 247 g/mol. The molecular weight excluding hydrogens is 222 g/mol. The summed E-state index contributed by atoms with van der Waals surface area (Å²) in [4.78, 5) is 9.22. The SMILES string of the molecule is CCCN1CCCC[C@H]1c1ccc(N(C)C)nc1. The molecule has 1 atom stereocenters. The quantitative estimate of drug-likeness (QED) is 0.815. The van der Waals surface area contributed by atoms with Crippen molar-refractivity contribution in [2.24, 2.45) is 0 Å². The molecule has 0 amide bonds.